The van der Waals surface area contributed by atoms with Gasteiger partial charge >= 0.3 is 5.97 Å². The molecule has 1 aromatic carbocycles. The summed E-state index contributed by atoms with van der Waals surface area (Å²) in [6.45, 7) is 6.66. The van der Waals surface area contributed by atoms with Crippen LogP contribution < -0.4 is 5.11 Å². The maximum Gasteiger partial charge on any atom is 0.335 e. The predicted molar refractivity (Wildman–Crippen MR) is 72.4 cm³/mol. The lowest BCUT2D eigenvalue weighted by atomic mass is 9.56. The number of benzene rings is 1. The van der Waals surface area contributed by atoms with Crippen molar-refractivity contribution in [2.45, 2.75) is 51.9 Å². The number of carboxylic acids is 1. The SMILES string of the molecule is CC1(C)CCCCC1(C)c1ccc([O-])c(C(=O)O)c1. The molecule has 1 saturated carbocycles. The summed E-state index contributed by atoms with van der Waals surface area (Å²) in [5.74, 6) is -1.54. The lowest BCUT2D eigenvalue weighted by molar-refractivity contribution is -0.268. The van der Waals surface area contributed by atoms with Gasteiger partial charge in [0.15, 0.2) is 0 Å². The number of hydrogen-bond acceptors (Lipinski definition) is 2. The minimum absolute atomic E-state index is 0.0663. The average Bonchev–Trinajstić information content (AvgIpc) is 2.33. The van der Waals surface area contributed by atoms with Crippen molar-refractivity contribution < 1.29 is 15.0 Å². The Labute approximate surface area is 114 Å². The Morgan fingerprint density at radius 2 is 1.84 bits per heavy atom. The van der Waals surface area contributed by atoms with E-state index in [1.165, 1.54) is 12.5 Å². The molecule has 0 amide bonds. The molecule has 0 aliphatic heterocycles. The quantitative estimate of drug-likeness (QED) is 0.888. The molecule has 0 saturated heterocycles. The summed E-state index contributed by atoms with van der Waals surface area (Å²) < 4.78 is 0. The van der Waals surface area contributed by atoms with Gasteiger partial charge in [-0.2, -0.15) is 0 Å². The van der Waals surface area contributed by atoms with Crippen LogP contribution in [0.15, 0.2) is 18.2 Å². The van der Waals surface area contributed by atoms with Crippen molar-refractivity contribution in [1.29, 1.82) is 0 Å². The average molecular weight is 261 g/mol. The van der Waals surface area contributed by atoms with Gasteiger partial charge in [0.25, 0.3) is 0 Å². The monoisotopic (exact) mass is 261 g/mol. The normalized spacial score (nSPS) is 26.1. The Bertz CT molecular complexity index is 505. The van der Waals surface area contributed by atoms with Crippen molar-refractivity contribution >= 4 is 5.97 Å². The van der Waals surface area contributed by atoms with Crippen LogP contribution in [0.4, 0.5) is 0 Å². The molecule has 1 aromatic rings. The predicted octanol–water partition coefficient (Wildman–Crippen LogP) is 3.32. The van der Waals surface area contributed by atoms with Gasteiger partial charge in [-0.25, -0.2) is 4.79 Å². The van der Waals surface area contributed by atoms with Crippen LogP contribution in [0.5, 0.6) is 5.75 Å². The van der Waals surface area contributed by atoms with E-state index in [0.29, 0.717) is 0 Å². The molecule has 0 bridgehead atoms. The zero-order valence-corrected chi connectivity index (χ0v) is 11.8. The van der Waals surface area contributed by atoms with Gasteiger partial charge in [0.05, 0.1) is 5.56 Å². The molecule has 3 nitrogen and oxygen atoms in total. The highest BCUT2D eigenvalue weighted by Gasteiger charge is 2.43. The summed E-state index contributed by atoms with van der Waals surface area (Å²) >= 11 is 0. The van der Waals surface area contributed by atoms with Crippen molar-refractivity contribution in [2.24, 2.45) is 5.41 Å². The third kappa shape index (κ3) is 2.22. The number of carboxylic acid groups (broad SMARTS) is 1. The second-order valence-electron chi connectivity index (χ2n) is 6.44. The molecular weight excluding hydrogens is 240 g/mol. The van der Waals surface area contributed by atoms with Crippen LogP contribution in [-0.4, -0.2) is 11.1 Å². The number of hydrogen-bond donors (Lipinski definition) is 1. The molecular formula is C16H21O3-. The fourth-order valence-electron chi connectivity index (χ4n) is 3.24. The molecule has 1 aliphatic rings. The Balaban J connectivity index is 2.51. The van der Waals surface area contributed by atoms with E-state index in [1.807, 2.05) is 6.07 Å². The molecule has 0 radical (unpaired) electrons. The summed E-state index contributed by atoms with van der Waals surface area (Å²) in [5.41, 5.74) is 0.920. The van der Waals surface area contributed by atoms with Crippen molar-refractivity contribution in [3.63, 3.8) is 0 Å². The first-order valence-corrected chi connectivity index (χ1v) is 6.83. The van der Waals surface area contributed by atoms with Gasteiger partial charge in [0, 0.05) is 0 Å². The standard InChI is InChI=1S/C16H22O3/c1-15(2)8-4-5-9-16(15,3)11-6-7-13(17)12(10-11)14(18)19/h6-7,10,17H,4-5,8-9H2,1-3H3,(H,18,19)/p-1. The summed E-state index contributed by atoms with van der Waals surface area (Å²) in [6, 6.07) is 4.79. The highest BCUT2D eigenvalue weighted by atomic mass is 16.4. The Kier molecular flexibility index (Phi) is 3.33. The molecule has 1 unspecified atom stereocenters. The van der Waals surface area contributed by atoms with Gasteiger partial charge in [-0.05, 0) is 35.3 Å². The van der Waals surface area contributed by atoms with Crippen LogP contribution in [0.3, 0.4) is 0 Å². The zero-order chi connectivity index (χ0) is 14.3. The smallest absolute Gasteiger partial charge is 0.335 e. The Hall–Kier alpha value is -1.51. The number of rotatable bonds is 2. The highest BCUT2D eigenvalue weighted by Crippen LogP contribution is 2.51. The first-order chi connectivity index (χ1) is 8.78. The van der Waals surface area contributed by atoms with E-state index in [0.717, 1.165) is 24.8 Å². The van der Waals surface area contributed by atoms with E-state index in [2.05, 4.69) is 20.8 Å². The third-order valence-electron chi connectivity index (χ3n) is 5.07. The summed E-state index contributed by atoms with van der Waals surface area (Å²) in [4.78, 5) is 11.1. The lowest BCUT2D eigenvalue weighted by Crippen LogP contribution is -2.42. The molecule has 104 valence electrons. The van der Waals surface area contributed by atoms with E-state index in [9.17, 15) is 9.90 Å². The summed E-state index contributed by atoms with van der Waals surface area (Å²) in [6.07, 6.45) is 4.54. The number of carbonyl (C=O) groups is 1. The van der Waals surface area contributed by atoms with E-state index < -0.39 is 11.7 Å². The largest absolute Gasteiger partial charge is 0.872 e. The van der Waals surface area contributed by atoms with Crippen LogP contribution in [0, 0.1) is 5.41 Å². The fraction of sp³-hybridized carbons (Fsp3) is 0.562. The minimum atomic E-state index is -1.14. The Morgan fingerprint density at radius 1 is 1.21 bits per heavy atom. The first-order valence-electron chi connectivity index (χ1n) is 6.83. The second-order valence-corrected chi connectivity index (χ2v) is 6.44. The number of aromatic carboxylic acids is 1. The first kappa shape index (κ1) is 13.9. The lowest BCUT2D eigenvalue weighted by Gasteiger charge is -2.49. The van der Waals surface area contributed by atoms with Crippen LogP contribution in [0.2, 0.25) is 0 Å². The van der Waals surface area contributed by atoms with Crippen molar-refractivity contribution in [3.8, 4) is 5.75 Å². The molecule has 2 rings (SSSR count). The van der Waals surface area contributed by atoms with Crippen molar-refractivity contribution in [1.82, 2.24) is 0 Å². The van der Waals surface area contributed by atoms with E-state index in [4.69, 9.17) is 5.11 Å². The molecule has 1 fully saturated rings. The van der Waals surface area contributed by atoms with Gasteiger partial charge in [-0.15, -0.1) is 0 Å². The molecule has 1 aliphatic carbocycles. The van der Waals surface area contributed by atoms with Gasteiger partial charge in [0.1, 0.15) is 0 Å². The van der Waals surface area contributed by atoms with Crippen molar-refractivity contribution in [2.75, 3.05) is 0 Å². The summed E-state index contributed by atoms with van der Waals surface area (Å²) in [5, 5.41) is 20.7. The van der Waals surface area contributed by atoms with Crippen LogP contribution in [-0.2, 0) is 5.41 Å². The Morgan fingerprint density at radius 3 is 2.42 bits per heavy atom. The van der Waals surface area contributed by atoms with Crippen LogP contribution in [0.25, 0.3) is 0 Å². The second kappa shape index (κ2) is 4.55. The fourth-order valence-corrected chi connectivity index (χ4v) is 3.24. The van der Waals surface area contributed by atoms with Crippen LogP contribution in [0.1, 0.15) is 62.4 Å². The van der Waals surface area contributed by atoms with Gasteiger partial charge in [-0.1, -0.05) is 51.5 Å². The minimum Gasteiger partial charge on any atom is -0.872 e. The molecule has 0 heterocycles. The molecule has 0 aromatic heterocycles. The van der Waals surface area contributed by atoms with Gasteiger partial charge < -0.3 is 10.2 Å². The third-order valence-corrected chi connectivity index (χ3v) is 5.07. The van der Waals surface area contributed by atoms with E-state index in [1.54, 1.807) is 6.07 Å². The molecule has 0 spiro atoms. The zero-order valence-electron chi connectivity index (χ0n) is 11.8. The molecule has 1 atom stereocenters. The van der Waals surface area contributed by atoms with E-state index in [-0.39, 0.29) is 16.4 Å². The van der Waals surface area contributed by atoms with E-state index >= 15 is 0 Å². The topological polar surface area (TPSA) is 60.4 Å². The maximum absolute atomic E-state index is 11.6. The molecule has 19 heavy (non-hydrogen) atoms. The highest BCUT2D eigenvalue weighted by molar-refractivity contribution is 5.90. The molecule has 1 N–H and O–H groups in total. The van der Waals surface area contributed by atoms with Gasteiger partial charge in [-0.3, -0.25) is 0 Å². The summed E-state index contributed by atoms with van der Waals surface area (Å²) in [7, 11) is 0. The molecule has 3 heteroatoms. The van der Waals surface area contributed by atoms with Gasteiger partial charge in [0.2, 0.25) is 0 Å². The van der Waals surface area contributed by atoms with Crippen molar-refractivity contribution in [3.05, 3.63) is 29.3 Å². The maximum atomic E-state index is 11.6. The van der Waals surface area contributed by atoms with Crippen LogP contribution >= 0.6 is 0 Å².